The molecule has 0 fully saturated rings. The molecule has 0 aliphatic carbocycles. The van der Waals surface area contributed by atoms with E-state index >= 15 is 0 Å². The summed E-state index contributed by atoms with van der Waals surface area (Å²) >= 11 is 3.93. The number of carbonyl (C=O) groups excluding carboxylic acids is 3. The third-order valence-corrected chi connectivity index (χ3v) is 4.06. The summed E-state index contributed by atoms with van der Waals surface area (Å²) in [7, 11) is 0. The normalized spacial score (nSPS) is 17.7. The minimum Gasteiger partial charge on any atom is -0.480 e. The van der Waals surface area contributed by atoms with E-state index in [2.05, 4.69) is 17.9 Å². The van der Waals surface area contributed by atoms with Crippen LogP contribution in [0.3, 0.4) is 0 Å². The molecule has 0 saturated heterocycles. The second kappa shape index (κ2) is 11.8. The Hall–Kier alpha value is -1.69. The Bertz CT molecular complexity index is 571. The van der Waals surface area contributed by atoms with Crippen molar-refractivity contribution in [3.8, 4) is 0 Å². The van der Waals surface area contributed by atoms with E-state index in [-0.39, 0.29) is 24.4 Å². The van der Waals surface area contributed by atoms with Gasteiger partial charge < -0.3 is 32.9 Å². The van der Waals surface area contributed by atoms with Crippen LogP contribution >= 0.6 is 12.6 Å². The van der Waals surface area contributed by atoms with Crippen molar-refractivity contribution in [1.29, 1.82) is 0 Å². The Labute approximate surface area is 160 Å². The number of Topliss-reactive ketones (excluding diaryl/α,β-unsaturated/α-hetero) is 1. The van der Waals surface area contributed by atoms with Gasteiger partial charge in [0.2, 0.25) is 11.8 Å². The highest BCUT2D eigenvalue weighted by atomic mass is 32.1. The highest BCUT2D eigenvalue weighted by Crippen LogP contribution is 2.05. The van der Waals surface area contributed by atoms with E-state index in [0.29, 0.717) is 11.7 Å². The molecule has 0 rings (SSSR count). The summed E-state index contributed by atoms with van der Waals surface area (Å²) in [6, 6.07) is -5.13. The van der Waals surface area contributed by atoms with Crippen LogP contribution in [0.1, 0.15) is 33.1 Å². The maximum absolute atomic E-state index is 12.3. The van der Waals surface area contributed by atoms with Gasteiger partial charge in [-0.25, -0.2) is 0 Å². The summed E-state index contributed by atoms with van der Waals surface area (Å²) in [5.74, 6) is -3.09. The summed E-state index contributed by atoms with van der Waals surface area (Å²) in [6.45, 7) is 2.52. The smallest absolute Gasteiger partial charge is 0.325 e. The zero-order valence-electron chi connectivity index (χ0n) is 16.8. The van der Waals surface area contributed by atoms with E-state index in [4.69, 9.17) is 19.4 Å². The lowest BCUT2D eigenvalue weighted by molar-refractivity contribution is -0.141. The standard InChI is InChI=1S/C15H29N5O5S/c1-7(13(22)20-8(2)15(24)25)19-14(23)10(17)5-3-4-9(16)12(21)11(18)6-26/h7-11,26H,3-6,16-18H2,1-2H3,(H,19,23)(H,20,22)(H,24,25)/t7-,8-,9?,10-,11-/m0/s1/i/hD2. The maximum Gasteiger partial charge on any atom is 0.325 e. The number of hydrogen-bond donors (Lipinski definition) is 7. The number of thiol groups is 1. The van der Waals surface area contributed by atoms with Crippen LogP contribution in [-0.4, -0.2) is 64.6 Å². The van der Waals surface area contributed by atoms with Gasteiger partial charge in [0.15, 0.2) is 7.20 Å². The molecule has 0 heterocycles. The Balaban J connectivity index is 4.70. The van der Waals surface area contributed by atoms with Gasteiger partial charge in [-0.3, -0.25) is 19.2 Å². The second-order valence-corrected chi connectivity index (χ2v) is 6.36. The van der Waals surface area contributed by atoms with Crippen LogP contribution in [0.4, 0.5) is 0 Å². The Morgan fingerprint density at radius 3 is 2.15 bits per heavy atom. The third-order valence-electron chi connectivity index (χ3n) is 3.66. The highest BCUT2D eigenvalue weighted by molar-refractivity contribution is 7.80. The first-order valence-corrected chi connectivity index (χ1v) is 8.79. The molecule has 10 nitrogen and oxygen atoms in total. The van der Waals surface area contributed by atoms with Crippen LogP contribution in [0.5, 0.6) is 0 Å². The van der Waals surface area contributed by atoms with Gasteiger partial charge in [0.1, 0.15) is 13.5 Å². The molecule has 0 aromatic heterocycles. The van der Waals surface area contributed by atoms with E-state index < -0.39 is 48.0 Å². The van der Waals surface area contributed by atoms with Crippen molar-refractivity contribution in [1.82, 2.24) is 10.6 Å². The van der Waals surface area contributed by atoms with Crippen molar-refractivity contribution < 1.29 is 27.1 Å². The molecule has 0 aliphatic rings. The van der Waals surface area contributed by atoms with Crippen molar-refractivity contribution in [2.24, 2.45) is 17.2 Å². The second-order valence-electron chi connectivity index (χ2n) is 5.99. The van der Waals surface area contributed by atoms with Gasteiger partial charge in [-0.05, 0) is 33.1 Å². The number of carbonyl (C=O) groups is 4. The maximum atomic E-state index is 12.3. The van der Waals surface area contributed by atoms with Gasteiger partial charge in [0, 0.05) is 5.75 Å². The van der Waals surface area contributed by atoms with Crippen LogP contribution in [0.15, 0.2) is 0 Å². The van der Waals surface area contributed by atoms with Crippen LogP contribution in [0.2, 0.25) is 2.82 Å². The molecular formula is C15H29N5O5S. The van der Waals surface area contributed by atoms with Crippen molar-refractivity contribution in [3.05, 3.63) is 0 Å². The lowest BCUT2D eigenvalue weighted by atomic mass is 10.00. The fourth-order valence-corrected chi connectivity index (χ4v) is 2.09. The molecule has 9 N–H and O–H groups in total. The zero-order valence-corrected chi connectivity index (χ0v) is 15.7. The minimum absolute atomic E-state index is 0.106. The summed E-state index contributed by atoms with van der Waals surface area (Å²) < 4.78 is 15.1. The number of rotatable bonds is 13. The van der Waals surface area contributed by atoms with E-state index in [1.807, 2.05) is 5.73 Å². The van der Waals surface area contributed by atoms with Gasteiger partial charge in [-0.1, -0.05) is 0 Å². The molecule has 0 bridgehead atoms. The lowest BCUT2D eigenvalue weighted by Crippen LogP contribution is -2.52. The van der Waals surface area contributed by atoms with Gasteiger partial charge in [-0.2, -0.15) is 12.6 Å². The first-order valence-electron chi connectivity index (χ1n) is 9.10. The molecule has 0 radical (unpaired) electrons. The summed E-state index contributed by atoms with van der Waals surface area (Å²) in [6.07, 6.45) is 0.642. The monoisotopic (exact) mass is 393 g/mol. The largest absolute Gasteiger partial charge is 0.480 e. The van der Waals surface area contributed by atoms with Crippen molar-refractivity contribution in [2.45, 2.75) is 63.3 Å². The molecule has 0 spiro atoms. The number of carboxylic acids is 1. The highest BCUT2D eigenvalue weighted by Gasteiger charge is 2.24. The molecule has 1 unspecified atom stereocenters. The molecule has 2 amide bonds. The van der Waals surface area contributed by atoms with Gasteiger partial charge in [0.25, 0.3) is 0 Å². The number of carboxylic acid groups (broad SMARTS) is 1. The van der Waals surface area contributed by atoms with E-state index in [0.717, 1.165) is 0 Å². The number of ketones is 1. The molecule has 0 aliphatic heterocycles. The molecule has 11 heteroatoms. The van der Waals surface area contributed by atoms with Gasteiger partial charge in [-0.15, -0.1) is 0 Å². The average Bonchev–Trinajstić information content (AvgIpc) is 2.67. The summed E-state index contributed by atoms with van der Waals surface area (Å²) in [5, 5.41) is 11.3. The number of hydrogen-bond acceptors (Lipinski definition) is 8. The zero-order chi connectivity index (χ0) is 22.0. The molecule has 5 atom stereocenters. The van der Waals surface area contributed by atoms with Gasteiger partial charge >= 0.3 is 5.97 Å². The molecule has 26 heavy (non-hydrogen) atoms. The van der Waals surface area contributed by atoms with Crippen LogP contribution in [-0.2, 0) is 19.2 Å². The fourth-order valence-electron chi connectivity index (χ4n) is 1.91. The fraction of sp³-hybridized carbons (Fsp3) is 0.733. The van der Waals surface area contributed by atoms with Crippen LogP contribution in [0, 0.1) is 0 Å². The van der Waals surface area contributed by atoms with Crippen molar-refractivity contribution in [3.63, 3.8) is 0 Å². The first-order chi connectivity index (χ1) is 13.0. The Morgan fingerprint density at radius 1 is 1.08 bits per heavy atom. The molecule has 0 saturated carbocycles. The summed E-state index contributed by atoms with van der Waals surface area (Å²) in [4.78, 5) is 46.9. The van der Waals surface area contributed by atoms with E-state index in [9.17, 15) is 19.2 Å². The number of nitrogens with two attached hydrogens (primary N) is 3. The molecule has 0 aromatic carbocycles. The van der Waals surface area contributed by atoms with Crippen LogP contribution in [0.25, 0.3) is 0 Å². The van der Waals surface area contributed by atoms with Crippen LogP contribution < -0.4 is 27.8 Å². The van der Waals surface area contributed by atoms with E-state index in [1.165, 1.54) is 13.8 Å². The predicted molar refractivity (Wildman–Crippen MR) is 99.5 cm³/mol. The lowest BCUT2D eigenvalue weighted by Gasteiger charge is -2.19. The average molecular weight is 394 g/mol. The minimum atomic E-state index is -1.26. The SMILES string of the molecule is [2H]N[C@@H](CCCC(N)C(=O)[C@@H](N)CS)C(=O)N([2H])[C@@H](C)C(=O)N[C@@H](C)C(=O)O. The summed E-state index contributed by atoms with van der Waals surface area (Å²) in [5.41, 5.74) is 13.3. The van der Waals surface area contributed by atoms with Crippen molar-refractivity contribution >= 4 is 36.2 Å². The number of aliphatic carboxylic acids is 1. The number of nitrogens with one attached hydrogen (secondary N) is 2. The topological polar surface area (TPSA) is 191 Å². The van der Waals surface area contributed by atoms with E-state index in [1.54, 1.807) is 0 Å². The van der Waals surface area contributed by atoms with Gasteiger partial charge in [0.05, 0.1) is 18.1 Å². The molecular weight excluding hydrogens is 362 g/mol. The molecule has 150 valence electrons. The number of amides is 2. The molecule has 0 aromatic rings. The first kappa shape index (κ1) is 20.6. The Kier molecular flexibility index (Phi) is 9.39. The third kappa shape index (κ3) is 8.61. The Morgan fingerprint density at radius 2 is 1.65 bits per heavy atom. The van der Waals surface area contributed by atoms with Crippen molar-refractivity contribution in [2.75, 3.05) is 5.75 Å². The predicted octanol–water partition coefficient (Wildman–Crippen LogP) is -2.27. The quantitative estimate of drug-likeness (QED) is 0.170.